The van der Waals surface area contributed by atoms with E-state index in [0.29, 0.717) is 17.3 Å². The average Bonchev–Trinajstić information content (AvgIpc) is 3.35. The molecule has 4 nitrogen and oxygen atoms in total. The van der Waals surface area contributed by atoms with Crippen LogP contribution in [0.4, 0.5) is 0 Å². The molecule has 0 N–H and O–H groups in total. The monoisotopic (exact) mass is 425 g/mol. The maximum absolute atomic E-state index is 6.26. The fourth-order valence-corrected chi connectivity index (χ4v) is 3.91. The number of rotatable bonds is 4. The van der Waals surface area contributed by atoms with Crippen LogP contribution in [-0.4, -0.2) is 15.0 Å². The van der Waals surface area contributed by atoms with Crippen LogP contribution in [0.3, 0.4) is 0 Å². The second-order valence-corrected chi connectivity index (χ2v) is 7.73. The van der Waals surface area contributed by atoms with E-state index in [-0.39, 0.29) is 0 Å². The Morgan fingerprint density at radius 3 is 1.79 bits per heavy atom. The summed E-state index contributed by atoms with van der Waals surface area (Å²) in [5, 5.41) is 0. The molecule has 0 radical (unpaired) electrons. The van der Waals surface area contributed by atoms with Crippen molar-refractivity contribution >= 4 is 11.1 Å². The molecule has 0 spiro atoms. The zero-order valence-electron chi connectivity index (χ0n) is 17.7. The minimum Gasteiger partial charge on any atom is -0.435 e. The summed E-state index contributed by atoms with van der Waals surface area (Å²) in [4.78, 5) is 14.5. The van der Waals surface area contributed by atoms with Crippen molar-refractivity contribution in [2.45, 2.75) is 0 Å². The predicted molar refractivity (Wildman–Crippen MR) is 131 cm³/mol. The maximum Gasteiger partial charge on any atom is 0.227 e. The van der Waals surface area contributed by atoms with Crippen molar-refractivity contribution in [1.29, 1.82) is 0 Å². The second-order valence-electron chi connectivity index (χ2n) is 7.73. The van der Waals surface area contributed by atoms with Crippen molar-refractivity contribution in [3.8, 4) is 45.4 Å². The number of hydrogen-bond acceptors (Lipinski definition) is 4. The Balaban J connectivity index is 1.56. The van der Waals surface area contributed by atoms with Gasteiger partial charge in [0, 0.05) is 22.3 Å². The first-order valence-electron chi connectivity index (χ1n) is 10.8. The van der Waals surface area contributed by atoms with E-state index in [2.05, 4.69) is 12.1 Å². The van der Waals surface area contributed by atoms with Crippen molar-refractivity contribution in [3.05, 3.63) is 115 Å². The van der Waals surface area contributed by atoms with Crippen LogP contribution >= 0.6 is 0 Å². The Bertz CT molecular complexity index is 1480. The van der Waals surface area contributed by atoms with Crippen molar-refractivity contribution in [3.63, 3.8) is 0 Å². The van der Waals surface area contributed by atoms with Gasteiger partial charge in [-0.05, 0) is 30.3 Å². The fraction of sp³-hybridized carbons (Fsp3) is 0. The van der Waals surface area contributed by atoms with E-state index in [0.717, 1.165) is 39.2 Å². The van der Waals surface area contributed by atoms with Crippen molar-refractivity contribution in [1.82, 2.24) is 15.0 Å². The van der Waals surface area contributed by atoms with Gasteiger partial charge in [-0.25, -0.2) is 15.0 Å². The minimum atomic E-state index is 0.596. The van der Waals surface area contributed by atoms with E-state index in [1.807, 2.05) is 103 Å². The van der Waals surface area contributed by atoms with Crippen LogP contribution in [0, 0.1) is 0 Å². The van der Waals surface area contributed by atoms with E-state index in [4.69, 9.17) is 19.4 Å². The lowest BCUT2D eigenvalue weighted by Crippen LogP contribution is -1.96. The van der Waals surface area contributed by atoms with Crippen LogP contribution in [0.1, 0.15) is 0 Å². The molecular formula is C29H19N3O. The van der Waals surface area contributed by atoms with Gasteiger partial charge in [0.05, 0.1) is 11.4 Å². The van der Waals surface area contributed by atoms with Gasteiger partial charge in [0.1, 0.15) is 5.52 Å². The largest absolute Gasteiger partial charge is 0.435 e. The van der Waals surface area contributed by atoms with Gasteiger partial charge in [0.25, 0.3) is 0 Å². The lowest BCUT2D eigenvalue weighted by molar-refractivity contribution is 0.620. The van der Waals surface area contributed by atoms with Crippen LogP contribution in [0.25, 0.3) is 56.5 Å². The Morgan fingerprint density at radius 2 is 1.09 bits per heavy atom. The molecular weight excluding hydrogens is 406 g/mol. The predicted octanol–water partition coefficient (Wildman–Crippen LogP) is 7.29. The summed E-state index contributed by atoms with van der Waals surface area (Å²) in [6.07, 6.45) is 0. The summed E-state index contributed by atoms with van der Waals surface area (Å²) in [5.74, 6) is 1.27. The van der Waals surface area contributed by atoms with Gasteiger partial charge in [-0.15, -0.1) is 0 Å². The zero-order chi connectivity index (χ0) is 22.0. The van der Waals surface area contributed by atoms with Gasteiger partial charge in [-0.2, -0.15) is 0 Å². The lowest BCUT2D eigenvalue weighted by atomic mass is 10.1. The van der Waals surface area contributed by atoms with Crippen LogP contribution in [0.15, 0.2) is 120 Å². The molecule has 0 saturated heterocycles. The molecule has 0 amide bonds. The topological polar surface area (TPSA) is 51.8 Å². The van der Waals surface area contributed by atoms with Crippen LogP contribution in [-0.2, 0) is 0 Å². The number of fused-ring (bicyclic) bond motifs is 1. The third-order valence-electron chi connectivity index (χ3n) is 5.54. The Hall–Kier alpha value is -4.57. The van der Waals surface area contributed by atoms with Gasteiger partial charge in [-0.1, -0.05) is 84.9 Å². The molecule has 6 rings (SSSR count). The molecule has 0 aliphatic rings. The molecule has 156 valence electrons. The molecule has 4 aromatic carbocycles. The molecule has 0 aliphatic heterocycles. The summed E-state index contributed by atoms with van der Waals surface area (Å²) < 4.78 is 6.26. The van der Waals surface area contributed by atoms with Crippen molar-refractivity contribution in [2.24, 2.45) is 0 Å². The Morgan fingerprint density at radius 1 is 0.485 bits per heavy atom. The normalized spacial score (nSPS) is 11.0. The zero-order valence-corrected chi connectivity index (χ0v) is 17.7. The average molecular weight is 425 g/mol. The number of benzene rings is 4. The van der Waals surface area contributed by atoms with Gasteiger partial charge in [0.2, 0.25) is 5.89 Å². The van der Waals surface area contributed by atoms with Crippen LogP contribution in [0.2, 0.25) is 0 Å². The first-order chi connectivity index (χ1) is 16.3. The third-order valence-corrected chi connectivity index (χ3v) is 5.54. The number of para-hydroxylation sites is 1. The Kier molecular flexibility index (Phi) is 4.74. The van der Waals surface area contributed by atoms with Crippen LogP contribution < -0.4 is 0 Å². The number of nitrogens with zero attached hydrogens (tertiary/aromatic N) is 3. The highest BCUT2D eigenvalue weighted by Crippen LogP contribution is 2.34. The number of hydrogen-bond donors (Lipinski definition) is 0. The van der Waals surface area contributed by atoms with Gasteiger partial charge in [0.15, 0.2) is 11.4 Å². The smallest absolute Gasteiger partial charge is 0.227 e. The molecule has 0 bridgehead atoms. The molecule has 0 saturated carbocycles. The second kappa shape index (κ2) is 8.17. The minimum absolute atomic E-state index is 0.596. The lowest BCUT2D eigenvalue weighted by Gasteiger charge is -2.09. The molecule has 0 atom stereocenters. The van der Waals surface area contributed by atoms with E-state index in [1.165, 1.54) is 0 Å². The summed E-state index contributed by atoms with van der Waals surface area (Å²) in [6, 6.07) is 38.1. The first kappa shape index (κ1) is 19.1. The first-order valence-corrected chi connectivity index (χ1v) is 10.8. The SMILES string of the molecule is c1ccc(-c2cc(-c3cccc4nc(-c5ccccc5)oc34)nc(-c3ccccc3)n2)cc1. The number of aromatic nitrogens is 3. The maximum atomic E-state index is 6.26. The van der Waals surface area contributed by atoms with Crippen molar-refractivity contribution in [2.75, 3.05) is 0 Å². The molecule has 0 unspecified atom stereocenters. The quantitative estimate of drug-likeness (QED) is 0.298. The molecule has 2 aromatic heterocycles. The third kappa shape index (κ3) is 3.68. The van der Waals surface area contributed by atoms with Gasteiger partial charge < -0.3 is 4.42 Å². The molecule has 2 heterocycles. The van der Waals surface area contributed by atoms with E-state index < -0.39 is 0 Å². The highest BCUT2D eigenvalue weighted by atomic mass is 16.3. The molecule has 33 heavy (non-hydrogen) atoms. The van der Waals surface area contributed by atoms with E-state index in [9.17, 15) is 0 Å². The number of oxazole rings is 1. The summed E-state index contributed by atoms with van der Waals surface area (Å²) in [7, 11) is 0. The summed E-state index contributed by atoms with van der Waals surface area (Å²) in [5.41, 5.74) is 7.00. The van der Waals surface area contributed by atoms with E-state index >= 15 is 0 Å². The molecule has 6 aromatic rings. The van der Waals surface area contributed by atoms with Gasteiger partial charge in [-0.3, -0.25) is 0 Å². The van der Waals surface area contributed by atoms with Crippen LogP contribution in [0.5, 0.6) is 0 Å². The molecule has 0 aliphatic carbocycles. The standard InChI is InChI=1S/C29H19N3O/c1-4-11-20(12-5-1)25-19-26(31-28(30-25)21-13-6-2-7-14-21)23-17-10-18-24-27(23)33-29(32-24)22-15-8-3-9-16-22/h1-19H. The van der Waals surface area contributed by atoms with Crippen molar-refractivity contribution < 1.29 is 4.42 Å². The highest BCUT2D eigenvalue weighted by Gasteiger charge is 2.16. The summed E-state index contributed by atoms with van der Waals surface area (Å²) in [6.45, 7) is 0. The summed E-state index contributed by atoms with van der Waals surface area (Å²) >= 11 is 0. The molecule has 4 heteroatoms. The molecule has 0 fully saturated rings. The Labute approximate surface area is 191 Å². The fourth-order valence-electron chi connectivity index (χ4n) is 3.91. The highest BCUT2D eigenvalue weighted by molar-refractivity contribution is 5.91. The van der Waals surface area contributed by atoms with E-state index in [1.54, 1.807) is 0 Å². The van der Waals surface area contributed by atoms with Gasteiger partial charge >= 0.3 is 0 Å².